The third-order valence-electron chi connectivity index (χ3n) is 4.76. The maximum Gasteiger partial charge on any atom is 0.292 e. The van der Waals surface area contributed by atoms with Crippen molar-refractivity contribution in [3.8, 4) is 6.07 Å². The summed E-state index contributed by atoms with van der Waals surface area (Å²) in [5.41, 5.74) is -0.454. The van der Waals surface area contributed by atoms with Crippen LogP contribution in [0.2, 0.25) is 0 Å². The maximum atomic E-state index is 9.16. The fraction of sp³-hybridized carbons (Fsp3) is 0.864. The summed E-state index contributed by atoms with van der Waals surface area (Å²) in [5, 5.41) is 9.16. The lowest BCUT2D eigenvalue weighted by molar-refractivity contribution is -0.421. The van der Waals surface area contributed by atoms with Gasteiger partial charge in [0.2, 0.25) is 0 Å². The number of nitrogens with zero attached hydrogens (tertiary/aromatic N) is 1. The third kappa shape index (κ3) is 7.78. The molecule has 0 aliphatic heterocycles. The normalized spacial score (nSPS) is 14.5. The van der Waals surface area contributed by atoms with Gasteiger partial charge in [0.25, 0.3) is 5.97 Å². The van der Waals surface area contributed by atoms with Crippen molar-refractivity contribution in [3.63, 3.8) is 0 Å². The van der Waals surface area contributed by atoms with Gasteiger partial charge in [0, 0.05) is 25.9 Å². The van der Waals surface area contributed by atoms with E-state index < -0.39 is 11.4 Å². The molecule has 0 aromatic rings. The molecule has 4 nitrogen and oxygen atoms in total. The molecule has 0 aromatic carbocycles. The molecule has 0 rings (SSSR count). The zero-order valence-electron chi connectivity index (χ0n) is 17.8. The average Bonchev–Trinajstić information content (AvgIpc) is 2.63. The van der Waals surface area contributed by atoms with Crippen molar-refractivity contribution in [3.05, 3.63) is 12.2 Å². The first-order chi connectivity index (χ1) is 12.6. The summed E-state index contributed by atoms with van der Waals surface area (Å²) in [4.78, 5) is 0. The Balaban J connectivity index is 5.58. The molecule has 0 aliphatic carbocycles. The van der Waals surface area contributed by atoms with Crippen molar-refractivity contribution in [1.29, 1.82) is 5.26 Å². The van der Waals surface area contributed by atoms with Crippen molar-refractivity contribution in [2.75, 3.05) is 19.8 Å². The van der Waals surface area contributed by atoms with Crippen LogP contribution in [0, 0.1) is 16.7 Å². The van der Waals surface area contributed by atoms with Crippen molar-refractivity contribution < 1.29 is 14.2 Å². The highest BCUT2D eigenvalue weighted by atomic mass is 16.9. The Labute approximate surface area is 161 Å². The summed E-state index contributed by atoms with van der Waals surface area (Å²) in [5.74, 6) is -1.13. The molecule has 0 saturated heterocycles. The number of allylic oxidation sites excluding steroid dienone is 1. The molecule has 1 atom stereocenters. The molecule has 26 heavy (non-hydrogen) atoms. The SMILES string of the molecule is CCCCCCCCC(C=CC#N)(CCC)C(OCC)(OCC)OCC. The second kappa shape index (κ2) is 15.2. The van der Waals surface area contributed by atoms with E-state index in [9.17, 15) is 0 Å². The van der Waals surface area contributed by atoms with Crippen LogP contribution in [0.5, 0.6) is 0 Å². The molecule has 0 saturated carbocycles. The van der Waals surface area contributed by atoms with E-state index >= 15 is 0 Å². The van der Waals surface area contributed by atoms with Crippen LogP contribution >= 0.6 is 0 Å². The monoisotopic (exact) mass is 367 g/mol. The number of rotatable bonds is 17. The Kier molecular flexibility index (Phi) is 14.7. The lowest BCUT2D eigenvalue weighted by atomic mass is 9.75. The second-order valence-electron chi connectivity index (χ2n) is 6.74. The van der Waals surface area contributed by atoms with E-state index in [2.05, 4.69) is 19.9 Å². The Bertz CT molecular complexity index is 386. The molecule has 0 heterocycles. The number of unbranched alkanes of at least 4 members (excludes halogenated alkanes) is 5. The summed E-state index contributed by atoms with van der Waals surface area (Å²) >= 11 is 0. The molecule has 0 aliphatic rings. The highest BCUT2D eigenvalue weighted by Crippen LogP contribution is 2.47. The van der Waals surface area contributed by atoms with Crippen LogP contribution in [0.3, 0.4) is 0 Å². The lowest BCUT2D eigenvalue weighted by Gasteiger charge is -2.47. The van der Waals surface area contributed by atoms with Crippen molar-refractivity contribution in [2.24, 2.45) is 5.41 Å². The van der Waals surface area contributed by atoms with E-state index in [0.717, 1.165) is 25.7 Å². The van der Waals surface area contributed by atoms with Crippen LogP contribution in [-0.4, -0.2) is 25.8 Å². The molecule has 0 N–H and O–H groups in total. The van der Waals surface area contributed by atoms with Gasteiger partial charge < -0.3 is 14.2 Å². The largest absolute Gasteiger partial charge is 0.327 e. The Morgan fingerprint density at radius 1 is 0.731 bits per heavy atom. The minimum atomic E-state index is -1.13. The number of hydrogen-bond acceptors (Lipinski definition) is 4. The lowest BCUT2D eigenvalue weighted by Crippen LogP contribution is -2.54. The van der Waals surface area contributed by atoms with Crippen molar-refractivity contribution in [1.82, 2.24) is 0 Å². The molecule has 0 fully saturated rings. The smallest absolute Gasteiger partial charge is 0.292 e. The molecular formula is C22H41NO3. The zero-order valence-corrected chi connectivity index (χ0v) is 17.8. The van der Waals surface area contributed by atoms with E-state index in [1.54, 1.807) is 6.08 Å². The summed E-state index contributed by atoms with van der Waals surface area (Å²) < 4.78 is 18.3. The predicted octanol–water partition coefficient (Wildman–Crippen LogP) is 6.37. The highest BCUT2D eigenvalue weighted by molar-refractivity contribution is 5.12. The van der Waals surface area contributed by atoms with Crippen LogP contribution < -0.4 is 0 Å². The molecule has 1 unspecified atom stereocenters. The van der Waals surface area contributed by atoms with Crippen LogP contribution in [-0.2, 0) is 14.2 Å². The number of nitriles is 1. The molecule has 0 radical (unpaired) electrons. The van der Waals surface area contributed by atoms with Gasteiger partial charge in [0.1, 0.15) is 0 Å². The van der Waals surface area contributed by atoms with Gasteiger partial charge in [0.15, 0.2) is 0 Å². The first-order valence-electron chi connectivity index (χ1n) is 10.6. The summed E-state index contributed by atoms with van der Waals surface area (Å²) in [6, 6.07) is 2.15. The van der Waals surface area contributed by atoms with Gasteiger partial charge in [-0.15, -0.1) is 0 Å². The minimum Gasteiger partial charge on any atom is -0.327 e. The van der Waals surface area contributed by atoms with Crippen molar-refractivity contribution in [2.45, 2.75) is 98.4 Å². The first-order valence-corrected chi connectivity index (χ1v) is 10.6. The van der Waals surface area contributed by atoms with Crippen LogP contribution in [0.4, 0.5) is 0 Å². The zero-order chi connectivity index (χ0) is 19.7. The van der Waals surface area contributed by atoms with E-state index in [1.807, 2.05) is 26.8 Å². The molecule has 152 valence electrons. The van der Waals surface area contributed by atoms with Crippen LogP contribution in [0.25, 0.3) is 0 Å². The fourth-order valence-electron chi connectivity index (χ4n) is 3.69. The summed E-state index contributed by atoms with van der Waals surface area (Å²) in [7, 11) is 0. The minimum absolute atomic E-state index is 0.454. The molecule has 0 spiro atoms. The Morgan fingerprint density at radius 3 is 1.73 bits per heavy atom. The van der Waals surface area contributed by atoms with Gasteiger partial charge in [-0.3, -0.25) is 0 Å². The molecular weight excluding hydrogens is 326 g/mol. The van der Waals surface area contributed by atoms with E-state index in [4.69, 9.17) is 19.5 Å². The Hall–Kier alpha value is -0.890. The summed E-state index contributed by atoms with van der Waals surface area (Å²) in [6.45, 7) is 11.8. The van der Waals surface area contributed by atoms with E-state index in [1.165, 1.54) is 32.1 Å². The van der Waals surface area contributed by atoms with E-state index in [0.29, 0.717) is 19.8 Å². The van der Waals surface area contributed by atoms with Gasteiger partial charge in [-0.2, -0.15) is 5.26 Å². The Morgan fingerprint density at radius 2 is 1.27 bits per heavy atom. The van der Waals surface area contributed by atoms with Gasteiger partial charge >= 0.3 is 0 Å². The fourth-order valence-corrected chi connectivity index (χ4v) is 3.69. The highest BCUT2D eigenvalue weighted by Gasteiger charge is 2.52. The third-order valence-corrected chi connectivity index (χ3v) is 4.76. The average molecular weight is 368 g/mol. The molecule has 0 bridgehead atoms. The standard InChI is InChI=1S/C22H41NO3/c1-6-11-12-13-14-15-18-21(17-7-2,19-16-20-23)22(24-8-3,25-9-4)26-10-5/h16,19H,6-15,17-18H2,1-5H3. The first kappa shape index (κ1) is 25.1. The number of ether oxygens (including phenoxy) is 3. The predicted molar refractivity (Wildman–Crippen MR) is 108 cm³/mol. The van der Waals surface area contributed by atoms with Crippen LogP contribution in [0.1, 0.15) is 92.4 Å². The number of hydrogen-bond donors (Lipinski definition) is 0. The second-order valence-corrected chi connectivity index (χ2v) is 6.74. The van der Waals surface area contributed by atoms with Gasteiger partial charge in [-0.1, -0.05) is 64.9 Å². The van der Waals surface area contributed by atoms with Crippen molar-refractivity contribution >= 4 is 0 Å². The molecule has 0 aromatic heterocycles. The van der Waals surface area contributed by atoms with Gasteiger partial charge in [0.05, 0.1) is 11.5 Å². The quantitative estimate of drug-likeness (QED) is 0.170. The van der Waals surface area contributed by atoms with Gasteiger partial charge in [-0.25, -0.2) is 0 Å². The topological polar surface area (TPSA) is 51.5 Å². The van der Waals surface area contributed by atoms with E-state index in [-0.39, 0.29) is 0 Å². The molecule has 0 amide bonds. The summed E-state index contributed by atoms with van der Waals surface area (Å²) in [6.07, 6.45) is 13.6. The molecule has 4 heteroatoms. The van der Waals surface area contributed by atoms with Gasteiger partial charge in [-0.05, 0) is 33.6 Å². The van der Waals surface area contributed by atoms with Crippen LogP contribution in [0.15, 0.2) is 12.2 Å². The maximum absolute atomic E-state index is 9.16.